The van der Waals surface area contributed by atoms with Gasteiger partial charge in [0.2, 0.25) is 0 Å². The Bertz CT molecular complexity index is 147. The Kier molecular flexibility index (Phi) is 4.09. The Balaban J connectivity index is 2.43. The highest BCUT2D eigenvalue weighted by Gasteiger charge is 2.26. The fourth-order valence-electron chi connectivity index (χ4n) is 1.69. The van der Waals surface area contributed by atoms with Crippen LogP contribution in [0.2, 0.25) is 0 Å². The molecule has 0 aromatic rings. The van der Waals surface area contributed by atoms with Crippen LogP contribution in [0.3, 0.4) is 0 Å². The van der Waals surface area contributed by atoms with Gasteiger partial charge in [0, 0.05) is 18.6 Å². The van der Waals surface area contributed by atoms with Crippen molar-refractivity contribution in [1.29, 1.82) is 0 Å². The monoisotopic (exact) mass is 191 g/mol. The van der Waals surface area contributed by atoms with Gasteiger partial charge in [0.25, 0.3) is 0 Å². The lowest BCUT2D eigenvalue weighted by atomic mass is 10.1. The SMILES string of the molecule is CC1COCC(C)N1CC(O)CF. The van der Waals surface area contributed by atoms with Gasteiger partial charge in [0.15, 0.2) is 0 Å². The van der Waals surface area contributed by atoms with E-state index in [1.165, 1.54) is 0 Å². The minimum atomic E-state index is -0.858. The number of rotatable bonds is 3. The van der Waals surface area contributed by atoms with Crippen molar-refractivity contribution in [3.8, 4) is 0 Å². The van der Waals surface area contributed by atoms with Gasteiger partial charge in [-0.05, 0) is 13.8 Å². The van der Waals surface area contributed by atoms with Crippen LogP contribution in [0, 0.1) is 0 Å². The topological polar surface area (TPSA) is 32.7 Å². The molecule has 1 heterocycles. The first-order valence-electron chi connectivity index (χ1n) is 4.72. The highest BCUT2D eigenvalue weighted by Crippen LogP contribution is 2.13. The highest BCUT2D eigenvalue weighted by atomic mass is 19.1. The summed E-state index contributed by atoms with van der Waals surface area (Å²) < 4.78 is 17.4. The van der Waals surface area contributed by atoms with Crippen LogP contribution in [0.5, 0.6) is 0 Å². The van der Waals surface area contributed by atoms with Crippen LogP contribution in [0.4, 0.5) is 4.39 Å². The number of hydrogen-bond acceptors (Lipinski definition) is 3. The van der Waals surface area contributed by atoms with Gasteiger partial charge in [0.05, 0.1) is 19.3 Å². The minimum Gasteiger partial charge on any atom is -0.389 e. The fourth-order valence-corrected chi connectivity index (χ4v) is 1.69. The lowest BCUT2D eigenvalue weighted by Crippen LogP contribution is -2.52. The zero-order valence-electron chi connectivity index (χ0n) is 8.24. The number of aliphatic hydroxyl groups excluding tert-OH is 1. The van der Waals surface area contributed by atoms with E-state index in [4.69, 9.17) is 4.74 Å². The third-order valence-corrected chi connectivity index (χ3v) is 2.45. The molecule has 78 valence electrons. The van der Waals surface area contributed by atoms with Crippen molar-refractivity contribution < 1.29 is 14.2 Å². The van der Waals surface area contributed by atoms with E-state index in [1.54, 1.807) is 0 Å². The lowest BCUT2D eigenvalue weighted by molar-refractivity contribution is -0.0555. The van der Waals surface area contributed by atoms with E-state index in [0.29, 0.717) is 19.8 Å². The van der Waals surface area contributed by atoms with Crippen molar-refractivity contribution in [1.82, 2.24) is 4.90 Å². The van der Waals surface area contributed by atoms with Crippen molar-refractivity contribution in [2.45, 2.75) is 32.0 Å². The molecule has 0 bridgehead atoms. The molecule has 1 aliphatic rings. The van der Waals surface area contributed by atoms with Gasteiger partial charge in [-0.3, -0.25) is 4.90 Å². The number of alkyl halides is 1. The van der Waals surface area contributed by atoms with Crippen LogP contribution in [0.1, 0.15) is 13.8 Å². The first kappa shape index (κ1) is 10.9. The normalized spacial score (nSPS) is 33.2. The van der Waals surface area contributed by atoms with Crippen LogP contribution >= 0.6 is 0 Å². The van der Waals surface area contributed by atoms with Crippen molar-refractivity contribution in [2.75, 3.05) is 26.4 Å². The predicted octanol–water partition coefficient (Wildman–Crippen LogP) is 0.426. The molecule has 0 radical (unpaired) electrons. The van der Waals surface area contributed by atoms with Gasteiger partial charge in [-0.15, -0.1) is 0 Å². The molecule has 1 fully saturated rings. The summed E-state index contributed by atoms with van der Waals surface area (Å²) in [5, 5.41) is 9.19. The van der Waals surface area contributed by atoms with Gasteiger partial charge in [0.1, 0.15) is 6.67 Å². The number of nitrogens with zero attached hydrogens (tertiary/aromatic N) is 1. The Morgan fingerprint density at radius 2 is 2.00 bits per heavy atom. The zero-order chi connectivity index (χ0) is 9.84. The molecule has 0 amide bonds. The number of morpholine rings is 1. The van der Waals surface area contributed by atoms with Crippen molar-refractivity contribution in [3.05, 3.63) is 0 Å². The third kappa shape index (κ3) is 2.90. The second kappa shape index (κ2) is 4.88. The van der Waals surface area contributed by atoms with Crippen LogP contribution in [0.25, 0.3) is 0 Å². The van der Waals surface area contributed by atoms with E-state index in [1.807, 2.05) is 13.8 Å². The van der Waals surface area contributed by atoms with Gasteiger partial charge in [-0.25, -0.2) is 4.39 Å². The summed E-state index contributed by atoms with van der Waals surface area (Å²) in [5.41, 5.74) is 0. The molecule has 1 aliphatic heterocycles. The molecular formula is C9H18FNO2. The van der Waals surface area contributed by atoms with Crippen molar-refractivity contribution >= 4 is 0 Å². The molecule has 4 heteroatoms. The van der Waals surface area contributed by atoms with Crippen LogP contribution in [-0.2, 0) is 4.74 Å². The van der Waals surface area contributed by atoms with Crippen LogP contribution in [0.15, 0.2) is 0 Å². The van der Waals surface area contributed by atoms with Gasteiger partial charge in [-0.1, -0.05) is 0 Å². The lowest BCUT2D eigenvalue weighted by Gasteiger charge is -2.39. The smallest absolute Gasteiger partial charge is 0.117 e. The number of halogens is 1. The second-order valence-corrected chi connectivity index (χ2v) is 3.74. The molecular weight excluding hydrogens is 173 g/mol. The fraction of sp³-hybridized carbons (Fsp3) is 1.00. The summed E-state index contributed by atoms with van der Waals surface area (Å²) >= 11 is 0. The summed E-state index contributed by atoms with van der Waals surface area (Å²) in [5.74, 6) is 0. The predicted molar refractivity (Wildman–Crippen MR) is 48.4 cm³/mol. The van der Waals surface area contributed by atoms with Crippen LogP contribution in [-0.4, -0.2) is 54.6 Å². The van der Waals surface area contributed by atoms with Crippen LogP contribution < -0.4 is 0 Å². The maximum atomic E-state index is 12.1. The van der Waals surface area contributed by atoms with Crippen molar-refractivity contribution in [2.24, 2.45) is 0 Å². The van der Waals surface area contributed by atoms with E-state index in [-0.39, 0.29) is 12.1 Å². The first-order chi connectivity index (χ1) is 6.15. The highest BCUT2D eigenvalue weighted by molar-refractivity contribution is 4.79. The summed E-state index contributed by atoms with van der Waals surface area (Å²) in [6.45, 7) is 5.13. The zero-order valence-corrected chi connectivity index (χ0v) is 8.24. The molecule has 3 nitrogen and oxygen atoms in total. The maximum Gasteiger partial charge on any atom is 0.117 e. The Morgan fingerprint density at radius 1 is 1.46 bits per heavy atom. The molecule has 0 aromatic carbocycles. The first-order valence-corrected chi connectivity index (χ1v) is 4.72. The average molecular weight is 191 g/mol. The molecule has 3 atom stereocenters. The van der Waals surface area contributed by atoms with Crippen molar-refractivity contribution in [3.63, 3.8) is 0 Å². The Labute approximate surface area is 78.5 Å². The molecule has 1 N–H and O–H groups in total. The summed E-state index contributed by atoms with van der Waals surface area (Å²) in [6.07, 6.45) is -0.858. The standard InChI is InChI=1S/C9H18FNO2/c1-7-5-13-6-8(2)11(7)4-9(12)3-10/h7-9,12H,3-6H2,1-2H3. The molecule has 0 saturated carbocycles. The van der Waals surface area contributed by atoms with E-state index < -0.39 is 12.8 Å². The Morgan fingerprint density at radius 3 is 2.46 bits per heavy atom. The third-order valence-electron chi connectivity index (χ3n) is 2.45. The number of aliphatic hydroxyl groups is 1. The maximum absolute atomic E-state index is 12.1. The molecule has 0 spiro atoms. The molecule has 1 saturated heterocycles. The quantitative estimate of drug-likeness (QED) is 0.702. The molecule has 0 aliphatic carbocycles. The molecule has 0 aromatic heterocycles. The molecule has 13 heavy (non-hydrogen) atoms. The Hall–Kier alpha value is -0.190. The largest absolute Gasteiger partial charge is 0.389 e. The van der Waals surface area contributed by atoms with E-state index in [0.717, 1.165) is 0 Å². The van der Waals surface area contributed by atoms with E-state index in [9.17, 15) is 9.50 Å². The van der Waals surface area contributed by atoms with Gasteiger partial charge < -0.3 is 9.84 Å². The number of ether oxygens (including phenoxy) is 1. The number of β-amino-alcohol motifs (C(OH)–C–C–N with tert-alkyl or cyclic N) is 1. The van der Waals surface area contributed by atoms with E-state index >= 15 is 0 Å². The minimum absolute atomic E-state index is 0.268. The summed E-state index contributed by atoms with van der Waals surface area (Å²) in [6, 6.07) is 0.537. The summed E-state index contributed by atoms with van der Waals surface area (Å²) in [4.78, 5) is 2.09. The average Bonchev–Trinajstić information content (AvgIpc) is 2.11. The number of hydrogen-bond donors (Lipinski definition) is 1. The summed E-state index contributed by atoms with van der Waals surface area (Å²) in [7, 11) is 0. The van der Waals surface area contributed by atoms with Gasteiger partial charge in [-0.2, -0.15) is 0 Å². The molecule has 3 unspecified atom stereocenters. The molecule has 1 rings (SSSR count). The van der Waals surface area contributed by atoms with E-state index in [2.05, 4.69) is 4.90 Å². The second-order valence-electron chi connectivity index (χ2n) is 3.74. The van der Waals surface area contributed by atoms with Gasteiger partial charge >= 0.3 is 0 Å².